The Morgan fingerprint density at radius 1 is 1.08 bits per heavy atom. The molecule has 7 nitrogen and oxygen atoms in total. The molecule has 196 valence electrons. The number of benzene rings is 1. The largest absolute Gasteiger partial charge is 0.370 e. The summed E-state index contributed by atoms with van der Waals surface area (Å²) in [4.78, 5) is 22.0. The van der Waals surface area contributed by atoms with Crippen LogP contribution in [0.3, 0.4) is 0 Å². The van der Waals surface area contributed by atoms with Crippen LogP contribution >= 0.6 is 12.6 Å². The summed E-state index contributed by atoms with van der Waals surface area (Å²) in [5.41, 5.74) is 6.26. The van der Waals surface area contributed by atoms with Gasteiger partial charge in [0.2, 0.25) is 0 Å². The predicted octanol–water partition coefficient (Wildman–Crippen LogP) is 5.30. The fourth-order valence-corrected chi connectivity index (χ4v) is 5.84. The summed E-state index contributed by atoms with van der Waals surface area (Å²) in [7, 11) is 0. The summed E-state index contributed by atoms with van der Waals surface area (Å²) in [6.45, 7) is 16.2. The molecule has 0 bridgehead atoms. The Kier molecular flexibility index (Phi) is 7.58. The number of nitrogens with zero attached hydrogens (tertiary/aromatic N) is 6. The van der Waals surface area contributed by atoms with Gasteiger partial charge in [-0.1, -0.05) is 33.8 Å². The van der Waals surface area contributed by atoms with E-state index in [4.69, 9.17) is 0 Å². The van der Waals surface area contributed by atoms with Crippen LogP contribution < -0.4 is 15.1 Å². The van der Waals surface area contributed by atoms with Crippen LogP contribution in [0.5, 0.6) is 0 Å². The van der Waals surface area contributed by atoms with Gasteiger partial charge in [-0.05, 0) is 61.2 Å². The highest BCUT2D eigenvalue weighted by molar-refractivity contribution is 7.80. The lowest BCUT2D eigenvalue weighted by atomic mass is 9.77. The van der Waals surface area contributed by atoms with Gasteiger partial charge in [0.25, 0.3) is 0 Å². The molecule has 3 aromatic rings. The monoisotopic (exact) mass is 517 g/mol. The number of pyridine rings is 1. The number of likely N-dealkylation sites (N-methyl/N-ethyl adjacent to an activating group) is 1. The van der Waals surface area contributed by atoms with Crippen LogP contribution in [-0.4, -0.2) is 59.1 Å². The van der Waals surface area contributed by atoms with E-state index in [9.17, 15) is 0 Å². The zero-order chi connectivity index (χ0) is 26.0. The van der Waals surface area contributed by atoms with Gasteiger partial charge in [0.15, 0.2) is 0 Å². The normalized spacial score (nSPS) is 16.5. The molecule has 0 radical (unpaired) electrons. The Morgan fingerprint density at radius 2 is 1.92 bits per heavy atom. The average Bonchev–Trinajstić information content (AvgIpc) is 2.90. The molecule has 0 saturated carbocycles. The van der Waals surface area contributed by atoms with E-state index < -0.39 is 0 Å². The molecular weight excluding hydrogens is 478 g/mol. The van der Waals surface area contributed by atoms with Crippen LogP contribution in [0.15, 0.2) is 47.8 Å². The first kappa shape index (κ1) is 25.8. The van der Waals surface area contributed by atoms with Gasteiger partial charge < -0.3 is 20.0 Å². The minimum Gasteiger partial charge on any atom is -0.370 e. The maximum absolute atomic E-state index is 4.65. The van der Waals surface area contributed by atoms with Crippen LogP contribution in [0.25, 0.3) is 0 Å². The Labute approximate surface area is 226 Å². The lowest BCUT2D eigenvalue weighted by Gasteiger charge is -2.41. The van der Waals surface area contributed by atoms with Crippen molar-refractivity contribution in [3.8, 4) is 0 Å². The third-order valence-electron chi connectivity index (χ3n) is 7.99. The van der Waals surface area contributed by atoms with Crippen LogP contribution in [0.1, 0.15) is 50.9 Å². The molecule has 0 unspecified atom stereocenters. The first-order valence-corrected chi connectivity index (χ1v) is 13.9. The van der Waals surface area contributed by atoms with E-state index in [-0.39, 0.29) is 5.41 Å². The molecule has 37 heavy (non-hydrogen) atoms. The molecular formula is C29H39N7S. The molecule has 0 fully saturated rings. The number of aromatic nitrogens is 3. The molecule has 8 heteroatoms. The van der Waals surface area contributed by atoms with Gasteiger partial charge in [-0.2, -0.15) is 0 Å². The smallest absolute Gasteiger partial charge is 0.142 e. The van der Waals surface area contributed by atoms with E-state index in [1.807, 2.05) is 18.3 Å². The first-order valence-electron chi connectivity index (χ1n) is 13.5. The topological polar surface area (TPSA) is 60.4 Å². The van der Waals surface area contributed by atoms with Crippen molar-refractivity contribution in [3.63, 3.8) is 0 Å². The van der Waals surface area contributed by atoms with Crippen LogP contribution in [0.2, 0.25) is 0 Å². The van der Waals surface area contributed by atoms with E-state index in [1.54, 1.807) is 6.33 Å². The summed E-state index contributed by atoms with van der Waals surface area (Å²) in [5.74, 6) is 1.81. The van der Waals surface area contributed by atoms with Crippen molar-refractivity contribution in [3.05, 3.63) is 59.7 Å². The fourth-order valence-electron chi connectivity index (χ4n) is 5.56. The number of rotatable bonds is 8. The fraction of sp³-hybridized carbons (Fsp3) is 0.483. The Balaban J connectivity index is 1.38. The highest BCUT2D eigenvalue weighted by Crippen LogP contribution is 2.41. The molecule has 2 aromatic heterocycles. The van der Waals surface area contributed by atoms with Crippen LogP contribution in [-0.2, 0) is 18.4 Å². The third kappa shape index (κ3) is 5.41. The summed E-state index contributed by atoms with van der Waals surface area (Å²) in [6, 6.07) is 10.7. The summed E-state index contributed by atoms with van der Waals surface area (Å²) >= 11 is 4.61. The molecule has 0 atom stereocenters. The maximum atomic E-state index is 4.65. The van der Waals surface area contributed by atoms with Crippen molar-refractivity contribution in [2.75, 3.05) is 54.4 Å². The number of fused-ring (bicyclic) bond motifs is 2. The van der Waals surface area contributed by atoms with E-state index in [0.717, 1.165) is 73.6 Å². The van der Waals surface area contributed by atoms with Gasteiger partial charge >= 0.3 is 0 Å². The molecule has 2 aliphatic heterocycles. The van der Waals surface area contributed by atoms with E-state index >= 15 is 0 Å². The average molecular weight is 518 g/mol. The summed E-state index contributed by atoms with van der Waals surface area (Å²) in [5, 5.41) is 3.65. The van der Waals surface area contributed by atoms with Crippen molar-refractivity contribution in [2.24, 2.45) is 0 Å². The molecule has 4 heterocycles. The van der Waals surface area contributed by atoms with Gasteiger partial charge in [0, 0.05) is 54.2 Å². The van der Waals surface area contributed by atoms with Crippen molar-refractivity contribution in [1.29, 1.82) is 0 Å². The Bertz CT molecular complexity index is 1240. The number of thiol groups is 1. The SMILES string of the molecule is CCN(CC)CCN1CCC(C)(C)c2ccc(Nc3ncnc4c3CCN(c3ncccc3S)C4)cc21. The van der Waals surface area contributed by atoms with E-state index in [0.29, 0.717) is 6.54 Å². The summed E-state index contributed by atoms with van der Waals surface area (Å²) < 4.78 is 0. The molecule has 0 amide bonds. The molecule has 1 N–H and O–H groups in total. The van der Waals surface area contributed by atoms with Crippen molar-refractivity contribution in [1.82, 2.24) is 19.9 Å². The van der Waals surface area contributed by atoms with Crippen LogP contribution in [0.4, 0.5) is 23.0 Å². The molecule has 5 rings (SSSR count). The Morgan fingerprint density at radius 3 is 2.70 bits per heavy atom. The van der Waals surface area contributed by atoms with Crippen molar-refractivity contribution < 1.29 is 0 Å². The lowest BCUT2D eigenvalue weighted by molar-refractivity contribution is 0.306. The minimum atomic E-state index is 0.175. The molecule has 0 aliphatic carbocycles. The second kappa shape index (κ2) is 10.9. The van der Waals surface area contributed by atoms with E-state index in [1.165, 1.54) is 23.2 Å². The second-order valence-corrected chi connectivity index (χ2v) is 11.2. The van der Waals surface area contributed by atoms with Crippen molar-refractivity contribution in [2.45, 2.75) is 57.4 Å². The zero-order valence-electron chi connectivity index (χ0n) is 22.5. The highest BCUT2D eigenvalue weighted by atomic mass is 32.1. The predicted molar refractivity (Wildman–Crippen MR) is 156 cm³/mol. The van der Waals surface area contributed by atoms with E-state index in [2.05, 4.69) is 93.5 Å². The molecule has 0 spiro atoms. The third-order valence-corrected chi connectivity index (χ3v) is 8.34. The highest BCUT2D eigenvalue weighted by Gasteiger charge is 2.31. The molecule has 0 saturated heterocycles. The Hall–Kier alpha value is -2.84. The number of hydrogen-bond donors (Lipinski definition) is 2. The lowest BCUT2D eigenvalue weighted by Crippen LogP contribution is -2.41. The standard InChI is InChI=1S/C29H39N7S/c1-5-34(6-2)16-17-35-15-12-29(3,4)23-10-9-21(18-25(23)35)33-27-22-11-14-36(19-24(22)31-20-32-27)28-26(37)8-7-13-30-28/h7-10,13,18,20,37H,5-6,11-12,14-17,19H2,1-4H3,(H,31,32,33). The van der Waals surface area contributed by atoms with Gasteiger partial charge in [0.1, 0.15) is 18.0 Å². The number of hydrogen-bond acceptors (Lipinski definition) is 8. The quantitative estimate of drug-likeness (QED) is 0.394. The second-order valence-electron chi connectivity index (χ2n) is 10.7. The maximum Gasteiger partial charge on any atom is 0.142 e. The van der Waals surface area contributed by atoms with Crippen molar-refractivity contribution >= 4 is 35.6 Å². The first-order chi connectivity index (χ1) is 17.9. The number of nitrogens with one attached hydrogen (secondary N) is 1. The van der Waals surface area contributed by atoms with Gasteiger partial charge in [-0.3, -0.25) is 0 Å². The van der Waals surface area contributed by atoms with Gasteiger partial charge in [-0.25, -0.2) is 15.0 Å². The molecule has 1 aromatic carbocycles. The minimum absolute atomic E-state index is 0.175. The zero-order valence-corrected chi connectivity index (χ0v) is 23.4. The van der Waals surface area contributed by atoms with Crippen LogP contribution in [0, 0.1) is 0 Å². The van der Waals surface area contributed by atoms with Gasteiger partial charge in [0.05, 0.1) is 12.2 Å². The molecule has 2 aliphatic rings. The number of anilines is 4. The summed E-state index contributed by atoms with van der Waals surface area (Å²) in [6.07, 6.45) is 5.52. The van der Waals surface area contributed by atoms with Gasteiger partial charge in [-0.15, -0.1) is 12.6 Å².